The second kappa shape index (κ2) is 5.55. The molecule has 0 aromatic heterocycles. The average Bonchev–Trinajstić information content (AvgIpc) is 2.54. The lowest BCUT2D eigenvalue weighted by Gasteiger charge is -2.23. The van der Waals surface area contributed by atoms with Gasteiger partial charge in [-0.05, 0) is 23.6 Å². The average molecular weight is 270 g/mol. The van der Waals surface area contributed by atoms with Crippen LogP contribution in [0.5, 0.6) is 11.5 Å². The van der Waals surface area contributed by atoms with Crippen LogP contribution < -0.4 is 9.47 Å². The maximum absolute atomic E-state index is 10.6. The minimum atomic E-state index is -0.697. The van der Waals surface area contributed by atoms with Crippen LogP contribution >= 0.6 is 0 Å². The van der Waals surface area contributed by atoms with Crippen molar-refractivity contribution in [2.24, 2.45) is 0 Å². The van der Waals surface area contributed by atoms with Gasteiger partial charge < -0.3 is 14.6 Å². The molecule has 2 aromatic rings. The zero-order chi connectivity index (χ0) is 13.9. The molecule has 0 saturated carbocycles. The van der Waals surface area contributed by atoms with Crippen molar-refractivity contribution in [1.82, 2.24) is 0 Å². The second-order valence-electron chi connectivity index (χ2n) is 4.87. The molecule has 2 aromatic carbocycles. The molecule has 0 radical (unpaired) electrons. The number of ether oxygens (including phenoxy) is 2. The first kappa shape index (κ1) is 13.0. The summed E-state index contributed by atoms with van der Waals surface area (Å²) >= 11 is 0. The highest BCUT2D eigenvalue weighted by Crippen LogP contribution is 2.38. The van der Waals surface area contributed by atoms with E-state index < -0.39 is 6.10 Å². The van der Waals surface area contributed by atoms with Crippen LogP contribution in [0.4, 0.5) is 0 Å². The number of fused-ring (bicyclic) bond motifs is 1. The first-order chi connectivity index (χ1) is 9.79. The molecule has 0 aliphatic carbocycles. The van der Waals surface area contributed by atoms with E-state index in [1.54, 1.807) is 0 Å². The summed E-state index contributed by atoms with van der Waals surface area (Å²) in [5, 5.41) is 10.6. The Labute approximate surface area is 118 Å². The van der Waals surface area contributed by atoms with Crippen LogP contribution in [-0.2, 0) is 6.42 Å². The quantitative estimate of drug-likeness (QED) is 0.931. The van der Waals surface area contributed by atoms with Crippen LogP contribution in [0.25, 0.3) is 0 Å². The summed E-state index contributed by atoms with van der Waals surface area (Å²) in [5.41, 5.74) is 2.88. The highest BCUT2D eigenvalue weighted by Gasteiger charge is 2.21. The SMILES string of the molecule is CCc1ccc(C(O)c2cccc3c2OCCO3)cc1. The zero-order valence-electron chi connectivity index (χ0n) is 11.5. The van der Waals surface area contributed by atoms with Gasteiger partial charge in [0.15, 0.2) is 11.5 Å². The van der Waals surface area contributed by atoms with Crippen LogP contribution in [0.3, 0.4) is 0 Å². The van der Waals surface area contributed by atoms with Crippen molar-refractivity contribution in [1.29, 1.82) is 0 Å². The highest BCUT2D eigenvalue weighted by atomic mass is 16.6. The lowest BCUT2D eigenvalue weighted by atomic mass is 9.98. The second-order valence-corrected chi connectivity index (χ2v) is 4.87. The van der Waals surface area contributed by atoms with Crippen molar-refractivity contribution < 1.29 is 14.6 Å². The fraction of sp³-hybridized carbons (Fsp3) is 0.294. The van der Waals surface area contributed by atoms with E-state index in [0.29, 0.717) is 24.7 Å². The molecule has 0 fully saturated rings. The van der Waals surface area contributed by atoms with Gasteiger partial charge in [-0.2, -0.15) is 0 Å². The molecule has 1 atom stereocenters. The Morgan fingerprint density at radius 2 is 1.80 bits per heavy atom. The monoisotopic (exact) mass is 270 g/mol. The van der Waals surface area contributed by atoms with Crippen molar-refractivity contribution in [3.05, 3.63) is 59.2 Å². The predicted molar refractivity (Wildman–Crippen MR) is 77.3 cm³/mol. The first-order valence-electron chi connectivity index (χ1n) is 6.95. The molecule has 1 aliphatic heterocycles. The number of rotatable bonds is 3. The third-order valence-electron chi connectivity index (χ3n) is 3.59. The zero-order valence-corrected chi connectivity index (χ0v) is 11.5. The van der Waals surface area contributed by atoms with Crippen molar-refractivity contribution >= 4 is 0 Å². The molecule has 1 aliphatic rings. The molecule has 20 heavy (non-hydrogen) atoms. The van der Waals surface area contributed by atoms with E-state index in [0.717, 1.165) is 17.5 Å². The van der Waals surface area contributed by atoms with Crippen LogP contribution in [0.15, 0.2) is 42.5 Å². The van der Waals surface area contributed by atoms with Crippen LogP contribution in [-0.4, -0.2) is 18.3 Å². The summed E-state index contributed by atoms with van der Waals surface area (Å²) in [6.07, 6.45) is 0.297. The Bertz CT molecular complexity index is 590. The fourth-order valence-electron chi connectivity index (χ4n) is 2.43. The molecule has 0 bridgehead atoms. The van der Waals surface area contributed by atoms with Gasteiger partial charge in [0.1, 0.15) is 19.3 Å². The molecule has 3 heteroatoms. The third kappa shape index (κ3) is 2.37. The maximum atomic E-state index is 10.6. The van der Waals surface area contributed by atoms with E-state index in [9.17, 15) is 5.11 Å². The highest BCUT2D eigenvalue weighted by molar-refractivity contribution is 5.50. The number of aliphatic hydroxyl groups is 1. The molecule has 1 N–H and O–H groups in total. The van der Waals surface area contributed by atoms with E-state index in [4.69, 9.17) is 9.47 Å². The molecule has 0 saturated heterocycles. The Balaban J connectivity index is 1.95. The van der Waals surface area contributed by atoms with Gasteiger partial charge in [0.2, 0.25) is 0 Å². The van der Waals surface area contributed by atoms with Gasteiger partial charge in [0, 0.05) is 5.56 Å². The van der Waals surface area contributed by atoms with Crippen LogP contribution in [0.1, 0.15) is 29.7 Å². The van der Waals surface area contributed by atoms with E-state index >= 15 is 0 Å². The fourth-order valence-corrected chi connectivity index (χ4v) is 2.43. The van der Waals surface area contributed by atoms with Crippen molar-refractivity contribution in [3.8, 4) is 11.5 Å². The summed E-state index contributed by atoms with van der Waals surface area (Å²) in [4.78, 5) is 0. The minimum Gasteiger partial charge on any atom is -0.486 e. The van der Waals surface area contributed by atoms with E-state index in [-0.39, 0.29) is 0 Å². The topological polar surface area (TPSA) is 38.7 Å². The molecule has 0 spiro atoms. The number of hydrogen-bond donors (Lipinski definition) is 1. The standard InChI is InChI=1S/C17H18O3/c1-2-12-6-8-13(9-7-12)16(18)14-4-3-5-15-17(14)20-11-10-19-15/h3-9,16,18H,2,10-11H2,1H3. The summed E-state index contributed by atoms with van der Waals surface area (Å²) in [5.74, 6) is 1.36. The van der Waals surface area contributed by atoms with Gasteiger partial charge in [-0.1, -0.05) is 43.3 Å². The summed E-state index contributed by atoms with van der Waals surface area (Å²) in [6.45, 7) is 3.19. The number of aryl methyl sites for hydroxylation is 1. The van der Waals surface area contributed by atoms with Gasteiger partial charge in [0.25, 0.3) is 0 Å². The van der Waals surface area contributed by atoms with E-state index in [1.807, 2.05) is 42.5 Å². The van der Waals surface area contributed by atoms with Crippen molar-refractivity contribution in [2.45, 2.75) is 19.4 Å². The van der Waals surface area contributed by atoms with Crippen LogP contribution in [0, 0.1) is 0 Å². The molecule has 3 nitrogen and oxygen atoms in total. The van der Waals surface area contributed by atoms with Gasteiger partial charge >= 0.3 is 0 Å². The lowest BCUT2D eigenvalue weighted by Crippen LogP contribution is -2.17. The molecule has 1 heterocycles. The van der Waals surface area contributed by atoms with Gasteiger partial charge in [-0.3, -0.25) is 0 Å². The largest absolute Gasteiger partial charge is 0.486 e. The summed E-state index contributed by atoms with van der Waals surface area (Å²) in [6, 6.07) is 13.7. The number of hydrogen-bond acceptors (Lipinski definition) is 3. The number of benzene rings is 2. The number of para-hydroxylation sites is 1. The third-order valence-corrected chi connectivity index (χ3v) is 3.59. The molecule has 3 rings (SSSR count). The normalized spacial score (nSPS) is 14.9. The molecule has 0 amide bonds. The van der Waals surface area contributed by atoms with E-state index in [1.165, 1.54) is 5.56 Å². The predicted octanol–water partition coefficient (Wildman–Crippen LogP) is 3.10. The Hall–Kier alpha value is -2.00. The van der Waals surface area contributed by atoms with Gasteiger partial charge in [-0.15, -0.1) is 0 Å². The Morgan fingerprint density at radius 1 is 1.05 bits per heavy atom. The molecular formula is C17H18O3. The summed E-state index contributed by atoms with van der Waals surface area (Å²) in [7, 11) is 0. The maximum Gasteiger partial charge on any atom is 0.167 e. The smallest absolute Gasteiger partial charge is 0.167 e. The minimum absolute atomic E-state index is 0.519. The molecular weight excluding hydrogens is 252 g/mol. The molecule has 104 valence electrons. The van der Waals surface area contributed by atoms with Crippen molar-refractivity contribution in [2.75, 3.05) is 13.2 Å². The van der Waals surface area contributed by atoms with E-state index in [2.05, 4.69) is 6.92 Å². The molecule has 1 unspecified atom stereocenters. The first-order valence-corrected chi connectivity index (χ1v) is 6.95. The Morgan fingerprint density at radius 3 is 2.55 bits per heavy atom. The Kier molecular flexibility index (Phi) is 3.61. The summed E-state index contributed by atoms with van der Waals surface area (Å²) < 4.78 is 11.2. The van der Waals surface area contributed by atoms with Gasteiger partial charge in [0.05, 0.1) is 0 Å². The number of aliphatic hydroxyl groups excluding tert-OH is 1. The van der Waals surface area contributed by atoms with Gasteiger partial charge in [-0.25, -0.2) is 0 Å². The lowest BCUT2D eigenvalue weighted by molar-refractivity contribution is 0.158. The van der Waals surface area contributed by atoms with Crippen LogP contribution in [0.2, 0.25) is 0 Å². The van der Waals surface area contributed by atoms with Crippen molar-refractivity contribution in [3.63, 3.8) is 0 Å².